The average molecular weight is 215 g/mol. The Bertz CT molecular complexity index is 529. The largest absolute Gasteiger partial charge is 0.366 e. The highest BCUT2D eigenvalue weighted by Gasteiger charge is 2.11. The quantitative estimate of drug-likeness (QED) is 0.801. The molecule has 1 aromatic carbocycles. The van der Waals surface area contributed by atoms with E-state index in [9.17, 15) is 4.79 Å². The summed E-state index contributed by atoms with van der Waals surface area (Å²) in [5.41, 5.74) is 9.92. The molecule has 0 fully saturated rings. The summed E-state index contributed by atoms with van der Waals surface area (Å²) in [5.74, 6) is -0.389. The smallest absolute Gasteiger partial charge is 0.248 e. The van der Waals surface area contributed by atoms with Crippen LogP contribution in [0.5, 0.6) is 0 Å². The summed E-state index contributed by atoms with van der Waals surface area (Å²) in [4.78, 5) is 11.2. The maximum Gasteiger partial charge on any atom is 0.248 e. The molecule has 16 heavy (non-hydrogen) atoms. The van der Waals surface area contributed by atoms with Crippen LogP contribution >= 0.6 is 0 Å². The van der Waals surface area contributed by atoms with E-state index in [0.717, 1.165) is 22.3 Å². The van der Waals surface area contributed by atoms with Gasteiger partial charge in [0.2, 0.25) is 5.91 Å². The van der Waals surface area contributed by atoms with E-state index in [1.54, 1.807) is 12.3 Å². The molecule has 0 unspecified atom stereocenters. The number of hydrogen-bond donors (Lipinski definition) is 2. The fourth-order valence-electron chi connectivity index (χ4n) is 1.80. The first-order valence-electron chi connectivity index (χ1n) is 5.00. The summed E-state index contributed by atoms with van der Waals surface area (Å²) < 4.78 is 0. The Morgan fingerprint density at radius 3 is 2.62 bits per heavy atom. The van der Waals surface area contributed by atoms with Crippen LogP contribution in [0.15, 0.2) is 24.5 Å². The van der Waals surface area contributed by atoms with Crippen molar-refractivity contribution in [1.82, 2.24) is 10.2 Å². The van der Waals surface area contributed by atoms with E-state index in [1.807, 2.05) is 26.1 Å². The third-order valence-corrected chi connectivity index (χ3v) is 2.86. The molecule has 82 valence electrons. The predicted octanol–water partition coefficient (Wildman–Crippen LogP) is 1.79. The molecule has 0 aliphatic heterocycles. The van der Waals surface area contributed by atoms with E-state index in [-0.39, 0.29) is 5.91 Å². The number of benzene rings is 1. The van der Waals surface area contributed by atoms with E-state index >= 15 is 0 Å². The lowest BCUT2D eigenvalue weighted by molar-refractivity contribution is 0.0999. The second-order valence-electron chi connectivity index (χ2n) is 3.76. The number of carbonyl (C=O) groups excluding carboxylic acids is 1. The summed E-state index contributed by atoms with van der Waals surface area (Å²) in [6.07, 6.45) is 3.58. The fourth-order valence-corrected chi connectivity index (χ4v) is 1.80. The molecular formula is C12H13N3O. The Hall–Kier alpha value is -2.10. The molecule has 0 saturated carbocycles. The monoisotopic (exact) mass is 215 g/mol. The van der Waals surface area contributed by atoms with Gasteiger partial charge >= 0.3 is 0 Å². The molecule has 0 radical (unpaired) electrons. The Kier molecular flexibility index (Phi) is 2.48. The highest BCUT2D eigenvalue weighted by atomic mass is 16.1. The number of carbonyl (C=O) groups is 1. The first kappa shape index (κ1) is 10.4. The van der Waals surface area contributed by atoms with E-state index in [1.165, 1.54) is 0 Å². The van der Waals surface area contributed by atoms with Crippen molar-refractivity contribution in [2.75, 3.05) is 0 Å². The van der Waals surface area contributed by atoms with Crippen molar-refractivity contribution >= 4 is 5.91 Å². The second-order valence-corrected chi connectivity index (χ2v) is 3.76. The first-order chi connectivity index (χ1) is 7.61. The number of aromatic amines is 1. The Morgan fingerprint density at radius 1 is 1.31 bits per heavy atom. The van der Waals surface area contributed by atoms with Crippen LogP contribution in [0.3, 0.4) is 0 Å². The molecule has 1 amide bonds. The molecule has 4 nitrogen and oxygen atoms in total. The highest BCUT2D eigenvalue weighted by Crippen LogP contribution is 2.26. The molecule has 3 N–H and O–H groups in total. The summed E-state index contributed by atoms with van der Waals surface area (Å²) in [7, 11) is 0. The number of hydrogen-bond acceptors (Lipinski definition) is 2. The summed E-state index contributed by atoms with van der Waals surface area (Å²) >= 11 is 0. The van der Waals surface area contributed by atoms with Crippen molar-refractivity contribution in [3.63, 3.8) is 0 Å². The Labute approximate surface area is 93.5 Å². The number of amides is 1. The third kappa shape index (κ3) is 1.58. The maximum absolute atomic E-state index is 11.2. The number of nitrogens with zero attached hydrogens (tertiary/aromatic N) is 1. The van der Waals surface area contributed by atoms with Gasteiger partial charge in [0.15, 0.2) is 0 Å². The number of H-pyrrole nitrogens is 1. The topological polar surface area (TPSA) is 71.8 Å². The number of primary amides is 1. The molecule has 0 atom stereocenters. The number of nitrogens with two attached hydrogens (primary N) is 1. The molecule has 1 aromatic heterocycles. The molecule has 2 aromatic rings. The van der Waals surface area contributed by atoms with Crippen LogP contribution in [0.1, 0.15) is 21.5 Å². The van der Waals surface area contributed by atoms with E-state index in [0.29, 0.717) is 5.56 Å². The van der Waals surface area contributed by atoms with Crippen LogP contribution in [0.25, 0.3) is 11.1 Å². The van der Waals surface area contributed by atoms with Gasteiger partial charge in [-0.2, -0.15) is 5.10 Å². The fraction of sp³-hybridized carbons (Fsp3) is 0.167. The van der Waals surface area contributed by atoms with Gasteiger partial charge < -0.3 is 5.73 Å². The molecule has 0 aliphatic carbocycles. The van der Waals surface area contributed by atoms with Gasteiger partial charge in [-0.15, -0.1) is 0 Å². The minimum atomic E-state index is -0.389. The van der Waals surface area contributed by atoms with Crippen molar-refractivity contribution in [3.05, 3.63) is 41.2 Å². The van der Waals surface area contributed by atoms with Gasteiger partial charge in [0, 0.05) is 17.3 Å². The zero-order valence-electron chi connectivity index (χ0n) is 9.24. The summed E-state index contributed by atoms with van der Waals surface area (Å²) in [6.45, 7) is 3.88. The van der Waals surface area contributed by atoms with Crippen LogP contribution in [-0.2, 0) is 0 Å². The minimum absolute atomic E-state index is 0.389. The van der Waals surface area contributed by atoms with Gasteiger partial charge in [0.1, 0.15) is 0 Å². The van der Waals surface area contributed by atoms with Crippen molar-refractivity contribution in [3.8, 4) is 11.1 Å². The van der Waals surface area contributed by atoms with Gasteiger partial charge in [0.25, 0.3) is 0 Å². The molecule has 0 spiro atoms. The minimum Gasteiger partial charge on any atom is -0.366 e. The van der Waals surface area contributed by atoms with Crippen LogP contribution in [0.2, 0.25) is 0 Å². The molecule has 0 bridgehead atoms. The van der Waals surface area contributed by atoms with E-state index in [4.69, 9.17) is 5.73 Å². The molecule has 1 heterocycles. The second kappa shape index (κ2) is 3.81. The maximum atomic E-state index is 11.2. The van der Waals surface area contributed by atoms with Crippen LogP contribution in [-0.4, -0.2) is 16.1 Å². The third-order valence-electron chi connectivity index (χ3n) is 2.86. The molecule has 4 heteroatoms. The van der Waals surface area contributed by atoms with Crippen LogP contribution < -0.4 is 5.73 Å². The van der Waals surface area contributed by atoms with E-state index < -0.39 is 0 Å². The standard InChI is InChI=1S/C12H13N3O/c1-7-8(2)11(12(13)16)4-3-10(7)9-5-14-15-6-9/h3-6H,1-2H3,(H2,13,16)(H,14,15). The molecule has 2 rings (SSSR count). The van der Waals surface area contributed by atoms with Gasteiger partial charge in [-0.25, -0.2) is 0 Å². The first-order valence-corrected chi connectivity index (χ1v) is 5.00. The number of rotatable bonds is 2. The Morgan fingerprint density at radius 2 is 2.06 bits per heavy atom. The van der Waals surface area contributed by atoms with Gasteiger partial charge in [-0.05, 0) is 36.6 Å². The van der Waals surface area contributed by atoms with Crippen molar-refractivity contribution < 1.29 is 4.79 Å². The summed E-state index contributed by atoms with van der Waals surface area (Å²) in [5, 5.41) is 6.68. The van der Waals surface area contributed by atoms with Crippen LogP contribution in [0.4, 0.5) is 0 Å². The van der Waals surface area contributed by atoms with Crippen LogP contribution in [0, 0.1) is 13.8 Å². The molecule has 0 aliphatic rings. The van der Waals surface area contributed by atoms with Gasteiger partial charge in [-0.1, -0.05) is 6.07 Å². The van der Waals surface area contributed by atoms with Crippen molar-refractivity contribution in [2.24, 2.45) is 5.73 Å². The summed E-state index contributed by atoms with van der Waals surface area (Å²) in [6, 6.07) is 3.65. The highest BCUT2D eigenvalue weighted by molar-refractivity contribution is 5.95. The van der Waals surface area contributed by atoms with Gasteiger partial charge in [-0.3, -0.25) is 9.89 Å². The van der Waals surface area contributed by atoms with Crippen molar-refractivity contribution in [1.29, 1.82) is 0 Å². The lowest BCUT2D eigenvalue weighted by Gasteiger charge is -2.10. The van der Waals surface area contributed by atoms with Crippen molar-refractivity contribution in [2.45, 2.75) is 13.8 Å². The van der Waals surface area contributed by atoms with E-state index in [2.05, 4.69) is 10.2 Å². The zero-order valence-corrected chi connectivity index (χ0v) is 9.24. The lowest BCUT2D eigenvalue weighted by atomic mass is 9.95. The zero-order chi connectivity index (χ0) is 11.7. The predicted molar refractivity (Wildman–Crippen MR) is 62.0 cm³/mol. The number of nitrogens with one attached hydrogen (secondary N) is 1. The van der Waals surface area contributed by atoms with Gasteiger partial charge in [0.05, 0.1) is 6.20 Å². The lowest BCUT2D eigenvalue weighted by Crippen LogP contribution is -2.13. The average Bonchev–Trinajstić information content (AvgIpc) is 2.74. The molecule has 0 saturated heterocycles. The number of aromatic nitrogens is 2. The SMILES string of the molecule is Cc1c(C(N)=O)ccc(-c2cn[nH]c2)c1C. The normalized spacial score (nSPS) is 10.4. The molecular weight excluding hydrogens is 202 g/mol. The Balaban J connectivity index is 2.60.